The maximum absolute atomic E-state index is 8.35. The molecule has 0 spiro atoms. The van der Waals surface area contributed by atoms with Crippen molar-refractivity contribution in [3.8, 4) is 0 Å². The van der Waals surface area contributed by atoms with Crippen LogP contribution in [0.5, 0.6) is 0 Å². The molecule has 1 heterocycles. The molecule has 1 aromatic heterocycles. The molecule has 1 aromatic rings. The summed E-state index contributed by atoms with van der Waals surface area (Å²) >= 11 is 0. The molecule has 0 fully saturated rings. The molecule has 0 bridgehead atoms. The van der Waals surface area contributed by atoms with Crippen molar-refractivity contribution < 1.29 is 9.32 Å². The van der Waals surface area contributed by atoms with Crippen LogP contribution in [0.3, 0.4) is 0 Å². The molecule has 0 atom stereocenters. The number of hydrogen-bond donors (Lipinski definition) is 1. The molecule has 5 heteroatoms. The Hall–Kier alpha value is -1.48. The van der Waals surface area contributed by atoms with Gasteiger partial charge in [0.2, 0.25) is 6.08 Å². The maximum Gasteiger partial charge on any atom is 0.231 e. The van der Waals surface area contributed by atoms with Crippen LogP contribution in [0.2, 0.25) is 0 Å². The number of rotatable bonds is 0. The largest absolute Gasteiger partial charge is 0.346 e. The van der Waals surface area contributed by atoms with Crippen LogP contribution in [0.25, 0.3) is 0 Å². The minimum atomic E-state index is 0.750. The Morgan fingerprint density at radius 1 is 1.75 bits per heavy atom. The van der Waals surface area contributed by atoms with Crippen molar-refractivity contribution >= 4 is 6.08 Å². The highest BCUT2D eigenvalue weighted by molar-refractivity contribution is 5.26. The van der Waals surface area contributed by atoms with Crippen LogP contribution in [0, 0.1) is 5.41 Å². The van der Waals surface area contributed by atoms with E-state index in [1.54, 1.807) is 0 Å². The van der Waals surface area contributed by atoms with Crippen LogP contribution in [0.4, 0.5) is 0 Å². The van der Waals surface area contributed by atoms with Crippen molar-refractivity contribution in [1.82, 2.24) is 10.4 Å². The van der Waals surface area contributed by atoms with E-state index in [2.05, 4.69) is 14.9 Å². The number of nitrogens with one attached hydrogen (secondary N) is 1. The quantitative estimate of drug-likeness (QED) is 0.378. The van der Waals surface area contributed by atoms with Crippen LogP contribution in [0.15, 0.2) is 17.0 Å². The second-order valence-corrected chi connectivity index (χ2v) is 0.690. The molecule has 0 unspecified atom stereocenters. The zero-order chi connectivity index (χ0) is 6.24. The van der Waals surface area contributed by atoms with Crippen molar-refractivity contribution in [2.75, 3.05) is 0 Å². The Morgan fingerprint density at radius 3 is 2.50 bits per heavy atom. The Labute approximate surface area is 44.8 Å². The summed E-state index contributed by atoms with van der Waals surface area (Å²) in [5.41, 5.74) is 0. The Morgan fingerprint density at radius 2 is 2.38 bits per heavy atom. The smallest absolute Gasteiger partial charge is 0.231 e. The van der Waals surface area contributed by atoms with Gasteiger partial charge in [-0.2, -0.15) is 0 Å². The molecule has 0 aromatic carbocycles. The summed E-state index contributed by atoms with van der Waals surface area (Å²) in [4.78, 5) is 8.35. The molecular formula is C3H3N3O2. The van der Waals surface area contributed by atoms with Crippen LogP contribution >= 0.6 is 0 Å². The van der Waals surface area contributed by atoms with E-state index in [1.807, 2.05) is 0 Å². The third-order valence-corrected chi connectivity index (χ3v) is 0.283. The number of nitrogens with zero attached hydrogens (tertiary/aromatic N) is 2. The third kappa shape index (κ3) is 4.52. The van der Waals surface area contributed by atoms with Gasteiger partial charge < -0.3 is 4.52 Å². The van der Waals surface area contributed by atoms with E-state index in [0.29, 0.717) is 0 Å². The van der Waals surface area contributed by atoms with Gasteiger partial charge in [-0.05, 0) is 0 Å². The van der Waals surface area contributed by atoms with Crippen molar-refractivity contribution in [3.05, 3.63) is 12.5 Å². The fourth-order valence-electron chi connectivity index (χ4n) is 0.136. The molecule has 0 saturated carbocycles. The average molecular weight is 113 g/mol. The summed E-state index contributed by atoms with van der Waals surface area (Å²) in [5.74, 6) is 0. The zero-order valence-electron chi connectivity index (χ0n) is 3.87. The second kappa shape index (κ2) is 5.52. The van der Waals surface area contributed by atoms with Gasteiger partial charge in [-0.1, -0.05) is 0 Å². The summed E-state index contributed by atoms with van der Waals surface area (Å²) < 4.78 is 4.22. The summed E-state index contributed by atoms with van der Waals surface area (Å²) in [6.07, 6.45) is 3.62. The first-order valence-electron chi connectivity index (χ1n) is 1.66. The van der Waals surface area contributed by atoms with Crippen LogP contribution in [-0.2, 0) is 4.79 Å². The lowest BCUT2D eigenvalue weighted by atomic mass is 11.0. The van der Waals surface area contributed by atoms with Gasteiger partial charge in [-0.25, -0.2) is 10.2 Å². The van der Waals surface area contributed by atoms with Gasteiger partial charge in [0.25, 0.3) is 0 Å². The highest BCUT2D eigenvalue weighted by atomic mass is 16.5. The van der Waals surface area contributed by atoms with Gasteiger partial charge in [-0.15, -0.1) is 5.10 Å². The predicted molar refractivity (Wildman–Crippen MR) is 22.7 cm³/mol. The Bertz CT molecular complexity index is 124. The first kappa shape index (κ1) is 6.52. The van der Waals surface area contributed by atoms with E-state index < -0.39 is 0 Å². The molecule has 0 aliphatic heterocycles. The van der Waals surface area contributed by atoms with Gasteiger partial charge in [0.1, 0.15) is 6.26 Å². The molecule has 5 nitrogen and oxygen atoms in total. The molecule has 42 valence electrons. The van der Waals surface area contributed by atoms with Crippen LogP contribution in [-0.4, -0.2) is 16.4 Å². The predicted octanol–water partition coefficient (Wildman–Crippen LogP) is -0.0294. The van der Waals surface area contributed by atoms with Crippen molar-refractivity contribution in [3.63, 3.8) is 0 Å². The zero-order valence-corrected chi connectivity index (χ0v) is 3.87. The van der Waals surface area contributed by atoms with Gasteiger partial charge in [0.15, 0.2) is 0 Å². The molecule has 0 saturated heterocycles. The van der Waals surface area contributed by atoms with Crippen molar-refractivity contribution in [2.24, 2.45) is 0 Å². The lowest BCUT2D eigenvalue weighted by Gasteiger charge is -1.45. The van der Waals surface area contributed by atoms with E-state index in [0.717, 1.165) is 6.08 Å². The fraction of sp³-hybridized carbons (Fsp3) is 0. The van der Waals surface area contributed by atoms with Crippen molar-refractivity contribution in [2.45, 2.75) is 0 Å². The van der Waals surface area contributed by atoms with Gasteiger partial charge in [-0.3, -0.25) is 0 Å². The van der Waals surface area contributed by atoms with Gasteiger partial charge in [0, 0.05) is 5.27 Å². The van der Waals surface area contributed by atoms with Crippen LogP contribution < -0.4 is 0 Å². The number of isocyanates is 1. The summed E-state index contributed by atoms with van der Waals surface area (Å²) in [5, 5.41) is 11.8. The lowest BCUT2D eigenvalue weighted by molar-refractivity contribution is 0.393. The molecule has 8 heavy (non-hydrogen) atoms. The number of hydrogen-bond acceptors (Lipinski definition) is 5. The summed E-state index contributed by atoms with van der Waals surface area (Å²) in [7, 11) is 0. The summed E-state index contributed by atoms with van der Waals surface area (Å²) in [6.45, 7) is 0. The maximum atomic E-state index is 8.35. The van der Waals surface area contributed by atoms with Crippen LogP contribution in [0.1, 0.15) is 0 Å². The van der Waals surface area contributed by atoms with E-state index >= 15 is 0 Å². The highest BCUT2D eigenvalue weighted by Gasteiger charge is 1.61. The van der Waals surface area contributed by atoms with E-state index in [-0.39, 0.29) is 0 Å². The second-order valence-electron chi connectivity index (χ2n) is 0.690. The fourth-order valence-corrected chi connectivity index (χ4v) is 0.136. The minimum absolute atomic E-state index is 0.750. The van der Waals surface area contributed by atoms with E-state index in [9.17, 15) is 0 Å². The number of aromatic nitrogens is 2. The SMILES string of the molecule is N=C=O.c1conn1. The Balaban J connectivity index is 0.000000145. The molecule has 1 N–H and O–H groups in total. The molecule has 0 radical (unpaired) electrons. The first-order chi connectivity index (χ1) is 3.91. The molecule has 0 aliphatic rings. The molecule has 1 rings (SSSR count). The Kier molecular flexibility index (Phi) is 4.50. The minimum Gasteiger partial charge on any atom is -0.346 e. The first-order valence-corrected chi connectivity index (χ1v) is 1.66. The topological polar surface area (TPSA) is 79.8 Å². The average Bonchev–Trinajstić information content (AvgIpc) is 2.17. The molecule has 0 amide bonds. The molecular weight excluding hydrogens is 110 g/mol. The van der Waals surface area contributed by atoms with E-state index in [4.69, 9.17) is 10.2 Å². The normalized spacial score (nSPS) is 6.00. The summed E-state index contributed by atoms with van der Waals surface area (Å²) in [6, 6.07) is 0. The standard InChI is InChI=1S/C2H2N2O.CHNO/c1-2-5-4-3-1;2-1-3/h1-2H;2H. The number of carbonyl (C=O) groups excluding carboxylic acids is 1. The molecule has 0 aliphatic carbocycles. The van der Waals surface area contributed by atoms with Gasteiger partial charge >= 0.3 is 0 Å². The lowest BCUT2D eigenvalue weighted by Crippen LogP contribution is -1.53. The van der Waals surface area contributed by atoms with E-state index in [1.165, 1.54) is 12.5 Å². The monoisotopic (exact) mass is 113 g/mol. The van der Waals surface area contributed by atoms with Crippen molar-refractivity contribution in [1.29, 1.82) is 5.41 Å². The highest BCUT2D eigenvalue weighted by Crippen LogP contribution is 1.64. The van der Waals surface area contributed by atoms with Gasteiger partial charge in [0.05, 0.1) is 6.20 Å². The third-order valence-electron chi connectivity index (χ3n) is 0.283.